The van der Waals surface area contributed by atoms with Crippen molar-refractivity contribution in [2.45, 2.75) is 45.4 Å². The summed E-state index contributed by atoms with van der Waals surface area (Å²) in [7, 11) is 0. The minimum Gasteiger partial charge on any atom is -0.493 e. The lowest BCUT2D eigenvalue weighted by Crippen LogP contribution is -2.20. The summed E-state index contributed by atoms with van der Waals surface area (Å²) in [6.07, 6.45) is 4.02. The highest BCUT2D eigenvalue weighted by Gasteiger charge is 2.26. The molecule has 0 aliphatic carbocycles. The molecule has 0 unspecified atom stereocenters. The van der Waals surface area contributed by atoms with Crippen LogP contribution < -0.4 is 9.64 Å². The first-order valence-corrected chi connectivity index (χ1v) is 11.4. The summed E-state index contributed by atoms with van der Waals surface area (Å²) in [5.74, 6) is 0.332. The second-order valence-electron chi connectivity index (χ2n) is 8.53. The Morgan fingerprint density at radius 1 is 1.21 bits per heavy atom. The average molecular weight is 449 g/mol. The fourth-order valence-corrected chi connectivity index (χ4v) is 4.48. The van der Waals surface area contributed by atoms with Gasteiger partial charge in [0.15, 0.2) is 0 Å². The highest BCUT2D eigenvalue weighted by Crippen LogP contribution is 2.37. The third-order valence-corrected chi connectivity index (χ3v) is 6.21. The molecule has 0 saturated heterocycles. The largest absolute Gasteiger partial charge is 0.493 e. The highest BCUT2D eigenvalue weighted by molar-refractivity contribution is 5.69. The number of anilines is 2. The predicted molar refractivity (Wildman–Crippen MR) is 127 cm³/mol. The smallest absolute Gasteiger partial charge is 0.304 e. The number of carbonyl (C=O) groups is 1. The molecule has 0 fully saturated rings. The molecule has 2 aromatic carbocycles. The molecule has 0 bridgehead atoms. The van der Waals surface area contributed by atoms with E-state index in [0.29, 0.717) is 6.61 Å². The van der Waals surface area contributed by atoms with Gasteiger partial charge in [0.2, 0.25) is 0 Å². The van der Waals surface area contributed by atoms with Crippen molar-refractivity contribution in [2.24, 2.45) is 0 Å². The Kier molecular flexibility index (Phi) is 6.92. The molecule has 3 aromatic rings. The van der Waals surface area contributed by atoms with Crippen molar-refractivity contribution in [3.05, 3.63) is 82.8 Å². The molecular formula is C27H29FN2O3. The van der Waals surface area contributed by atoms with E-state index >= 15 is 0 Å². The van der Waals surface area contributed by atoms with E-state index < -0.39 is 5.97 Å². The number of benzene rings is 2. The summed E-state index contributed by atoms with van der Waals surface area (Å²) in [6.45, 7) is 5.46. The number of aliphatic carboxylic acids is 1. The van der Waals surface area contributed by atoms with E-state index in [1.807, 2.05) is 12.1 Å². The van der Waals surface area contributed by atoms with Crippen LogP contribution in [0, 0.1) is 12.7 Å². The van der Waals surface area contributed by atoms with E-state index in [4.69, 9.17) is 9.84 Å². The minimum absolute atomic E-state index is 0.0740. The second-order valence-corrected chi connectivity index (χ2v) is 8.53. The number of hydrogen-bond donors (Lipinski definition) is 1. The van der Waals surface area contributed by atoms with Crippen LogP contribution in [0.5, 0.6) is 5.75 Å². The van der Waals surface area contributed by atoms with Crippen molar-refractivity contribution < 1.29 is 19.0 Å². The quantitative estimate of drug-likeness (QED) is 0.447. The average Bonchev–Trinajstić information content (AvgIpc) is 3.19. The first-order valence-electron chi connectivity index (χ1n) is 11.4. The van der Waals surface area contributed by atoms with E-state index in [9.17, 15) is 9.18 Å². The molecule has 1 aliphatic rings. The minimum atomic E-state index is -0.802. The summed E-state index contributed by atoms with van der Waals surface area (Å²) in [4.78, 5) is 17.5. The molecule has 33 heavy (non-hydrogen) atoms. The summed E-state index contributed by atoms with van der Waals surface area (Å²) in [5, 5.41) is 9.09. The Morgan fingerprint density at radius 2 is 2.06 bits per heavy atom. The van der Waals surface area contributed by atoms with Gasteiger partial charge in [-0.3, -0.25) is 4.79 Å². The number of rotatable bonds is 9. The maximum absolute atomic E-state index is 13.4. The van der Waals surface area contributed by atoms with Gasteiger partial charge in [-0.1, -0.05) is 31.2 Å². The zero-order valence-electron chi connectivity index (χ0n) is 19.1. The van der Waals surface area contributed by atoms with Gasteiger partial charge in [-0.05, 0) is 67.1 Å². The van der Waals surface area contributed by atoms with Crippen molar-refractivity contribution >= 4 is 17.5 Å². The Morgan fingerprint density at radius 3 is 2.79 bits per heavy atom. The van der Waals surface area contributed by atoms with Gasteiger partial charge in [-0.15, -0.1) is 0 Å². The molecule has 1 atom stereocenters. The molecule has 0 amide bonds. The molecule has 6 heteroatoms. The van der Waals surface area contributed by atoms with Crippen LogP contribution in [-0.4, -0.2) is 29.2 Å². The van der Waals surface area contributed by atoms with Crippen LogP contribution in [-0.2, 0) is 17.6 Å². The van der Waals surface area contributed by atoms with Crippen LogP contribution in [0.1, 0.15) is 47.9 Å². The highest BCUT2D eigenvalue weighted by atomic mass is 19.1. The molecule has 2 heterocycles. The lowest BCUT2D eigenvalue weighted by molar-refractivity contribution is -0.137. The Labute approximate surface area is 193 Å². The number of carboxylic acids is 1. The zero-order valence-corrected chi connectivity index (χ0v) is 19.1. The lowest BCUT2D eigenvalue weighted by Gasteiger charge is -2.26. The second kappa shape index (κ2) is 10.0. The number of aromatic nitrogens is 1. The monoisotopic (exact) mass is 448 g/mol. The van der Waals surface area contributed by atoms with Gasteiger partial charge >= 0.3 is 5.97 Å². The van der Waals surface area contributed by atoms with Crippen molar-refractivity contribution in [3.8, 4) is 5.75 Å². The van der Waals surface area contributed by atoms with Crippen LogP contribution in [0.4, 0.5) is 15.9 Å². The van der Waals surface area contributed by atoms with Crippen molar-refractivity contribution in [3.63, 3.8) is 0 Å². The Hall–Kier alpha value is -3.41. The molecule has 1 aromatic heterocycles. The molecule has 1 aliphatic heterocycles. The Bertz CT molecular complexity index is 1130. The van der Waals surface area contributed by atoms with Gasteiger partial charge in [0.1, 0.15) is 17.4 Å². The maximum atomic E-state index is 13.4. The SMILES string of the molecule is CCCN(c1ccc(F)cn1)c1cccc(CCc2ccc3c(c2)OC[C@H]3CC(=O)O)c1C. The van der Waals surface area contributed by atoms with Crippen molar-refractivity contribution in [1.29, 1.82) is 0 Å². The third-order valence-electron chi connectivity index (χ3n) is 6.21. The number of fused-ring (bicyclic) bond motifs is 1. The molecule has 172 valence electrons. The van der Waals surface area contributed by atoms with Crippen LogP contribution in [0.3, 0.4) is 0 Å². The predicted octanol–water partition coefficient (Wildman–Crippen LogP) is 5.81. The first kappa shape index (κ1) is 22.8. The van der Waals surface area contributed by atoms with Gasteiger partial charge in [-0.2, -0.15) is 0 Å². The van der Waals surface area contributed by atoms with E-state index in [-0.39, 0.29) is 18.2 Å². The third kappa shape index (κ3) is 5.16. The van der Waals surface area contributed by atoms with Gasteiger partial charge in [0, 0.05) is 23.7 Å². The van der Waals surface area contributed by atoms with Gasteiger partial charge in [0.25, 0.3) is 0 Å². The Balaban J connectivity index is 1.51. The number of aryl methyl sites for hydroxylation is 2. The molecule has 5 nitrogen and oxygen atoms in total. The molecule has 4 rings (SSSR count). The number of hydrogen-bond acceptors (Lipinski definition) is 4. The van der Waals surface area contributed by atoms with Crippen molar-refractivity contribution in [1.82, 2.24) is 4.98 Å². The van der Waals surface area contributed by atoms with Gasteiger partial charge in [0.05, 0.1) is 19.2 Å². The van der Waals surface area contributed by atoms with E-state index in [0.717, 1.165) is 48.6 Å². The number of halogens is 1. The molecule has 0 radical (unpaired) electrons. The van der Waals surface area contributed by atoms with Crippen LogP contribution in [0.2, 0.25) is 0 Å². The molecule has 0 spiro atoms. The van der Waals surface area contributed by atoms with Crippen LogP contribution in [0.15, 0.2) is 54.7 Å². The fraction of sp³-hybridized carbons (Fsp3) is 0.333. The summed E-state index contributed by atoms with van der Waals surface area (Å²) < 4.78 is 19.1. The maximum Gasteiger partial charge on any atom is 0.304 e. The standard InChI is InChI=1S/C27H29FN2O3/c1-3-13-30(26-12-10-22(28)16-29-26)24-6-4-5-20(18(24)2)9-7-19-8-11-23-21(15-27(31)32)17-33-25(23)14-19/h4-6,8,10-12,14,16,21H,3,7,9,13,15,17H2,1-2H3,(H,31,32)/t21-/m1/s1. The normalized spacial score (nSPS) is 14.6. The lowest BCUT2D eigenvalue weighted by atomic mass is 9.94. The topological polar surface area (TPSA) is 62.7 Å². The molecule has 1 N–H and O–H groups in total. The summed E-state index contributed by atoms with van der Waals surface area (Å²) >= 11 is 0. The number of nitrogens with zero attached hydrogens (tertiary/aromatic N) is 2. The first-order chi connectivity index (χ1) is 16.0. The van der Waals surface area contributed by atoms with Gasteiger partial charge < -0.3 is 14.7 Å². The van der Waals surface area contributed by atoms with E-state index in [1.165, 1.54) is 29.0 Å². The van der Waals surface area contributed by atoms with Crippen LogP contribution >= 0.6 is 0 Å². The molecule has 0 saturated carbocycles. The van der Waals surface area contributed by atoms with Crippen molar-refractivity contribution in [2.75, 3.05) is 18.1 Å². The summed E-state index contributed by atoms with van der Waals surface area (Å²) in [6, 6.07) is 15.6. The zero-order chi connectivity index (χ0) is 23.4. The van der Waals surface area contributed by atoms with E-state index in [2.05, 4.69) is 48.0 Å². The van der Waals surface area contributed by atoms with E-state index in [1.54, 1.807) is 6.07 Å². The fourth-order valence-electron chi connectivity index (χ4n) is 4.48. The summed E-state index contributed by atoms with van der Waals surface area (Å²) in [5.41, 5.74) is 5.68. The van der Waals surface area contributed by atoms with Gasteiger partial charge in [-0.25, -0.2) is 9.37 Å². The number of pyridine rings is 1. The number of ether oxygens (including phenoxy) is 1. The number of carboxylic acid groups (broad SMARTS) is 1. The molecular weight excluding hydrogens is 419 g/mol. The van der Waals surface area contributed by atoms with Crippen LogP contribution in [0.25, 0.3) is 0 Å².